The molecular formula is C20H22N2O4S. The Balaban J connectivity index is 1.79. The molecule has 0 atom stereocenters. The Morgan fingerprint density at radius 3 is 2.26 bits per heavy atom. The summed E-state index contributed by atoms with van der Waals surface area (Å²) >= 11 is 0. The Labute approximate surface area is 159 Å². The van der Waals surface area contributed by atoms with Crippen molar-refractivity contribution in [1.82, 2.24) is 4.90 Å². The molecule has 0 saturated carbocycles. The number of carbonyl (C=O) groups excluding carboxylic acids is 2. The van der Waals surface area contributed by atoms with E-state index >= 15 is 0 Å². The van der Waals surface area contributed by atoms with E-state index in [-0.39, 0.29) is 18.8 Å². The second-order valence-electron chi connectivity index (χ2n) is 6.63. The van der Waals surface area contributed by atoms with E-state index in [1.54, 1.807) is 43.3 Å². The van der Waals surface area contributed by atoms with Crippen molar-refractivity contribution in [3.8, 4) is 0 Å². The number of aryl methyl sites for hydroxylation is 2. The molecule has 0 fully saturated rings. The van der Waals surface area contributed by atoms with E-state index in [1.165, 1.54) is 4.31 Å². The lowest BCUT2D eigenvalue weighted by Gasteiger charge is -2.24. The van der Waals surface area contributed by atoms with Crippen LogP contribution < -0.4 is 4.31 Å². The van der Waals surface area contributed by atoms with E-state index < -0.39 is 21.8 Å². The highest BCUT2D eigenvalue weighted by Crippen LogP contribution is 2.25. The highest BCUT2D eigenvalue weighted by molar-refractivity contribution is 7.92. The molecule has 0 bridgehead atoms. The third kappa shape index (κ3) is 3.60. The number of hydrogen-bond donors (Lipinski definition) is 0. The van der Waals surface area contributed by atoms with Crippen LogP contribution in [-0.4, -0.2) is 44.0 Å². The standard InChI is InChI=1S/C20H22N2O4S/c1-4-22(16-7-5-6-14(2)12-16)27(25,26)11-10-21-19(23)17-9-8-15(3)13-18(17)20(21)24/h5-9,12-13H,4,10-11H2,1-3H3. The fourth-order valence-electron chi connectivity index (χ4n) is 3.25. The number of sulfonamides is 1. The molecule has 142 valence electrons. The molecule has 0 N–H and O–H groups in total. The van der Waals surface area contributed by atoms with Crippen molar-refractivity contribution in [2.75, 3.05) is 23.1 Å². The average Bonchev–Trinajstić information content (AvgIpc) is 2.84. The van der Waals surface area contributed by atoms with Crippen LogP contribution in [0.25, 0.3) is 0 Å². The minimum Gasteiger partial charge on any atom is -0.273 e. The van der Waals surface area contributed by atoms with Gasteiger partial charge in [0.05, 0.1) is 22.6 Å². The molecule has 1 aliphatic rings. The van der Waals surface area contributed by atoms with Gasteiger partial charge in [0.25, 0.3) is 11.8 Å². The Hall–Kier alpha value is -2.67. The number of nitrogens with zero attached hydrogens (tertiary/aromatic N) is 2. The van der Waals surface area contributed by atoms with Gasteiger partial charge in [0, 0.05) is 13.1 Å². The Bertz CT molecular complexity index is 1010. The van der Waals surface area contributed by atoms with Gasteiger partial charge >= 0.3 is 0 Å². The maximum Gasteiger partial charge on any atom is 0.261 e. The van der Waals surface area contributed by atoms with Crippen molar-refractivity contribution in [1.29, 1.82) is 0 Å². The zero-order chi connectivity index (χ0) is 19.8. The van der Waals surface area contributed by atoms with Gasteiger partial charge in [0.15, 0.2) is 0 Å². The lowest BCUT2D eigenvalue weighted by Crippen LogP contribution is -2.39. The minimum atomic E-state index is -3.68. The predicted octanol–water partition coefficient (Wildman–Crippen LogP) is 2.76. The third-order valence-electron chi connectivity index (χ3n) is 4.61. The summed E-state index contributed by atoms with van der Waals surface area (Å²) in [4.78, 5) is 26.0. The molecule has 2 amide bonds. The largest absolute Gasteiger partial charge is 0.273 e. The molecule has 0 unspecified atom stereocenters. The molecule has 6 nitrogen and oxygen atoms in total. The molecule has 1 heterocycles. The van der Waals surface area contributed by atoms with E-state index in [1.807, 2.05) is 19.9 Å². The summed E-state index contributed by atoms with van der Waals surface area (Å²) < 4.78 is 27.0. The predicted molar refractivity (Wildman–Crippen MR) is 105 cm³/mol. The monoisotopic (exact) mass is 386 g/mol. The summed E-state index contributed by atoms with van der Waals surface area (Å²) in [6.07, 6.45) is 0. The molecule has 27 heavy (non-hydrogen) atoms. The van der Waals surface area contributed by atoms with E-state index in [2.05, 4.69) is 0 Å². The average molecular weight is 386 g/mol. The van der Waals surface area contributed by atoms with Crippen LogP contribution in [0.15, 0.2) is 42.5 Å². The molecule has 2 aromatic carbocycles. The molecule has 0 saturated heterocycles. The van der Waals surface area contributed by atoms with E-state index in [4.69, 9.17) is 0 Å². The normalized spacial score (nSPS) is 13.8. The summed E-state index contributed by atoms with van der Waals surface area (Å²) in [5, 5.41) is 0. The number of amides is 2. The van der Waals surface area contributed by atoms with Gasteiger partial charge in [-0.2, -0.15) is 0 Å². The maximum absolute atomic E-state index is 12.8. The first-order chi connectivity index (χ1) is 12.7. The number of rotatable bonds is 6. The van der Waals surface area contributed by atoms with E-state index in [0.717, 1.165) is 16.0 Å². The lowest BCUT2D eigenvalue weighted by molar-refractivity contribution is 0.0664. The van der Waals surface area contributed by atoms with E-state index in [0.29, 0.717) is 16.8 Å². The van der Waals surface area contributed by atoms with Crippen molar-refractivity contribution in [3.63, 3.8) is 0 Å². The number of carbonyl (C=O) groups is 2. The van der Waals surface area contributed by atoms with Crippen molar-refractivity contribution < 1.29 is 18.0 Å². The number of fused-ring (bicyclic) bond motifs is 1. The summed E-state index contributed by atoms with van der Waals surface area (Å²) in [5.74, 6) is -1.20. The molecule has 3 rings (SSSR count). The summed E-state index contributed by atoms with van der Waals surface area (Å²) in [7, 11) is -3.68. The molecular weight excluding hydrogens is 364 g/mol. The van der Waals surface area contributed by atoms with Crippen LogP contribution in [-0.2, 0) is 10.0 Å². The SMILES string of the molecule is CCN(c1cccc(C)c1)S(=O)(=O)CCN1C(=O)c2ccc(C)cc2C1=O. The highest BCUT2D eigenvalue weighted by Gasteiger charge is 2.36. The molecule has 0 aromatic heterocycles. The molecule has 0 aliphatic carbocycles. The Morgan fingerprint density at radius 2 is 1.59 bits per heavy atom. The topological polar surface area (TPSA) is 74.8 Å². The van der Waals surface area contributed by atoms with Gasteiger partial charge in [0.1, 0.15) is 0 Å². The third-order valence-corrected chi connectivity index (χ3v) is 6.45. The van der Waals surface area contributed by atoms with Gasteiger partial charge in [-0.3, -0.25) is 18.8 Å². The second kappa shape index (κ2) is 7.15. The molecule has 1 aliphatic heterocycles. The highest BCUT2D eigenvalue weighted by atomic mass is 32.2. The quantitative estimate of drug-likeness (QED) is 0.716. The fraction of sp³-hybridized carbons (Fsp3) is 0.300. The van der Waals surface area contributed by atoms with Crippen LogP contribution in [0.4, 0.5) is 5.69 Å². The van der Waals surface area contributed by atoms with Gasteiger partial charge in [-0.25, -0.2) is 8.42 Å². The van der Waals surface area contributed by atoms with Crippen molar-refractivity contribution in [2.24, 2.45) is 0 Å². The Kier molecular flexibility index (Phi) is 5.06. The van der Waals surface area contributed by atoms with Crippen LogP contribution in [0.5, 0.6) is 0 Å². The van der Waals surface area contributed by atoms with Gasteiger partial charge in [-0.15, -0.1) is 0 Å². The van der Waals surface area contributed by atoms with Crippen LogP contribution in [0.3, 0.4) is 0 Å². The van der Waals surface area contributed by atoms with Crippen molar-refractivity contribution >= 4 is 27.5 Å². The van der Waals surface area contributed by atoms with Crippen molar-refractivity contribution in [3.05, 3.63) is 64.7 Å². The van der Waals surface area contributed by atoms with Crippen LogP contribution in [0.2, 0.25) is 0 Å². The van der Waals surface area contributed by atoms with Gasteiger partial charge < -0.3 is 0 Å². The maximum atomic E-state index is 12.8. The summed E-state index contributed by atoms with van der Waals surface area (Å²) in [5.41, 5.74) is 3.07. The van der Waals surface area contributed by atoms with E-state index in [9.17, 15) is 18.0 Å². The smallest absolute Gasteiger partial charge is 0.261 e. The van der Waals surface area contributed by atoms with Crippen LogP contribution >= 0.6 is 0 Å². The lowest BCUT2D eigenvalue weighted by atomic mass is 10.1. The fourth-order valence-corrected chi connectivity index (χ4v) is 4.71. The van der Waals surface area contributed by atoms with Gasteiger partial charge in [-0.1, -0.05) is 23.8 Å². The van der Waals surface area contributed by atoms with Crippen molar-refractivity contribution in [2.45, 2.75) is 20.8 Å². The van der Waals surface area contributed by atoms with Crippen LogP contribution in [0.1, 0.15) is 38.8 Å². The number of benzene rings is 2. The Morgan fingerprint density at radius 1 is 0.926 bits per heavy atom. The number of hydrogen-bond acceptors (Lipinski definition) is 4. The molecule has 7 heteroatoms. The first-order valence-electron chi connectivity index (χ1n) is 8.78. The zero-order valence-electron chi connectivity index (χ0n) is 15.6. The zero-order valence-corrected chi connectivity index (χ0v) is 16.4. The number of anilines is 1. The molecule has 2 aromatic rings. The first-order valence-corrected chi connectivity index (χ1v) is 10.4. The molecule has 0 spiro atoms. The summed E-state index contributed by atoms with van der Waals surface area (Å²) in [6.45, 7) is 5.59. The van der Waals surface area contributed by atoms with Crippen LogP contribution in [0, 0.1) is 13.8 Å². The number of imide groups is 1. The minimum absolute atomic E-state index is 0.171. The first kappa shape index (κ1) is 19.1. The molecule has 0 radical (unpaired) electrons. The second-order valence-corrected chi connectivity index (χ2v) is 8.64. The van der Waals surface area contributed by atoms with Gasteiger partial charge in [-0.05, 0) is 50.6 Å². The summed E-state index contributed by atoms with van der Waals surface area (Å²) in [6, 6.07) is 12.3. The van der Waals surface area contributed by atoms with Gasteiger partial charge in [0.2, 0.25) is 10.0 Å².